The van der Waals surface area contributed by atoms with Crippen LogP contribution in [-0.4, -0.2) is 21.7 Å². The standard InChI is InChI=1S/C12H12N2O2/c15-10-3-1-2-9-8(10)4-7-16-11(9)12-13-5-6-14-12/h1-3,5-6,11,15H,4,7H2,(H,13,14). The second-order valence-electron chi connectivity index (χ2n) is 3.82. The van der Waals surface area contributed by atoms with Crippen LogP contribution in [0.25, 0.3) is 0 Å². The van der Waals surface area contributed by atoms with E-state index in [4.69, 9.17) is 4.74 Å². The van der Waals surface area contributed by atoms with Crippen molar-refractivity contribution in [1.29, 1.82) is 0 Å². The lowest BCUT2D eigenvalue weighted by atomic mass is 9.96. The first-order valence-electron chi connectivity index (χ1n) is 5.28. The highest BCUT2D eigenvalue weighted by atomic mass is 16.5. The summed E-state index contributed by atoms with van der Waals surface area (Å²) in [5, 5.41) is 9.79. The van der Waals surface area contributed by atoms with Crippen LogP contribution in [0, 0.1) is 0 Å². The predicted molar refractivity (Wildman–Crippen MR) is 58.2 cm³/mol. The molecule has 16 heavy (non-hydrogen) atoms. The van der Waals surface area contributed by atoms with E-state index >= 15 is 0 Å². The van der Waals surface area contributed by atoms with Gasteiger partial charge < -0.3 is 14.8 Å². The normalized spacial score (nSPS) is 19.4. The number of aromatic hydroxyl groups is 1. The number of phenolic OH excluding ortho intramolecular Hbond substituents is 1. The number of fused-ring (bicyclic) bond motifs is 1. The average Bonchev–Trinajstić information content (AvgIpc) is 2.82. The van der Waals surface area contributed by atoms with Crippen LogP contribution >= 0.6 is 0 Å². The zero-order valence-corrected chi connectivity index (χ0v) is 8.68. The summed E-state index contributed by atoms with van der Waals surface area (Å²) in [5.41, 5.74) is 1.97. The lowest BCUT2D eigenvalue weighted by Gasteiger charge is -2.25. The van der Waals surface area contributed by atoms with Crippen molar-refractivity contribution in [3.8, 4) is 5.75 Å². The van der Waals surface area contributed by atoms with Crippen LogP contribution < -0.4 is 0 Å². The molecule has 0 saturated carbocycles. The minimum atomic E-state index is -0.189. The predicted octanol–water partition coefficient (Wildman–Crippen LogP) is 1.78. The van der Waals surface area contributed by atoms with Gasteiger partial charge in [-0.15, -0.1) is 0 Å². The second-order valence-corrected chi connectivity index (χ2v) is 3.82. The SMILES string of the molecule is Oc1cccc2c1CCOC2c1ncc[nH]1. The smallest absolute Gasteiger partial charge is 0.140 e. The number of hydrogen-bond acceptors (Lipinski definition) is 3. The van der Waals surface area contributed by atoms with E-state index in [-0.39, 0.29) is 6.10 Å². The highest BCUT2D eigenvalue weighted by molar-refractivity contribution is 5.43. The number of imidazole rings is 1. The Labute approximate surface area is 92.9 Å². The largest absolute Gasteiger partial charge is 0.508 e. The maximum Gasteiger partial charge on any atom is 0.140 e. The van der Waals surface area contributed by atoms with E-state index in [0.29, 0.717) is 12.4 Å². The molecule has 2 heterocycles. The number of aromatic amines is 1. The first-order valence-corrected chi connectivity index (χ1v) is 5.28. The number of nitrogens with one attached hydrogen (secondary N) is 1. The molecule has 0 spiro atoms. The zero-order valence-electron chi connectivity index (χ0n) is 8.68. The molecule has 0 fully saturated rings. The summed E-state index contributed by atoms with van der Waals surface area (Å²) in [6.45, 7) is 0.607. The van der Waals surface area contributed by atoms with E-state index in [1.54, 1.807) is 18.5 Å². The maximum atomic E-state index is 9.79. The molecule has 1 unspecified atom stereocenters. The summed E-state index contributed by atoms with van der Waals surface area (Å²) in [6.07, 6.45) is 4.04. The van der Waals surface area contributed by atoms with Crippen LogP contribution in [0.5, 0.6) is 5.75 Å². The number of rotatable bonds is 1. The van der Waals surface area contributed by atoms with Gasteiger partial charge >= 0.3 is 0 Å². The molecular formula is C12H12N2O2. The number of hydrogen-bond donors (Lipinski definition) is 2. The summed E-state index contributed by atoms with van der Waals surface area (Å²) < 4.78 is 5.70. The highest BCUT2D eigenvalue weighted by Gasteiger charge is 2.25. The number of ether oxygens (including phenoxy) is 1. The Balaban J connectivity index is 2.10. The van der Waals surface area contributed by atoms with Crippen LogP contribution in [0.2, 0.25) is 0 Å². The fraction of sp³-hybridized carbons (Fsp3) is 0.250. The number of phenols is 1. The van der Waals surface area contributed by atoms with Crippen LogP contribution in [0.4, 0.5) is 0 Å². The molecule has 1 aromatic heterocycles. The van der Waals surface area contributed by atoms with Crippen molar-refractivity contribution >= 4 is 0 Å². The van der Waals surface area contributed by atoms with Gasteiger partial charge in [-0.1, -0.05) is 12.1 Å². The molecule has 4 heteroatoms. The van der Waals surface area contributed by atoms with E-state index < -0.39 is 0 Å². The Morgan fingerprint density at radius 1 is 1.44 bits per heavy atom. The topological polar surface area (TPSA) is 58.1 Å². The van der Waals surface area contributed by atoms with Crippen molar-refractivity contribution < 1.29 is 9.84 Å². The van der Waals surface area contributed by atoms with Crippen LogP contribution in [-0.2, 0) is 11.2 Å². The minimum Gasteiger partial charge on any atom is -0.508 e. The van der Waals surface area contributed by atoms with Crippen molar-refractivity contribution in [3.63, 3.8) is 0 Å². The van der Waals surface area contributed by atoms with Gasteiger partial charge in [-0.25, -0.2) is 4.98 Å². The van der Waals surface area contributed by atoms with Gasteiger partial charge in [0.1, 0.15) is 17.7 Å². The third-order valence-electron chi connectivity index (χ3n) is 2.87. The minimum absolute atomic E-state index is 0.189. The van der Waals surface area contributed by atoms with Crippen molar-refractivity contribution in [2.24, 2.45) is 0 Å². The number of nitrogens with zero attached hydrogens (tertiary/aromatic N) is 1. The summed E-state index contributed by atoms with van der Waals surface area (Å²) >= 11 is 0. The quantitative estimate of drug-likeness (QED) is 0.763. The lowest BCUT2D eigenvalue weighted by molar-refractivity contribution is 0.0638. The van der Waals surface area contributed by atoms with Gasteiger partial charge in [0.2, 0.25) is 0 Å². The van der Waals surface area contributed by atoms with E-state index in [1.165, 1.54) is 0 Å². The monoisotopic (exact) mass is 216 g/mol. The van der Waals surface area contributed by atoms with Gasteiger partial charge in [0, 0.05) is 18.0 Å². The molecule has 2 N–H and O–H groups in total. The first kappa shape index (κ1) is 9.42. The van der Waals surface area contributed by atoms with Crippen molar-refractivity contribution in [3.05, 3.63) is 47.5 Å². The number of H-pyrrole nitrogens is 1. The number of benzene rings is 1. The third kappa shape index (κ3) is 1.39. The average molecular weight is 216 g/mol. The summed E-state index contributed by atoms with van der Waals surface area (Å²) in [4.78, 5) is 7.26. The lowest BCUT2D eigenvalue weighted by Crippen LogP contribution is -2.18. The molecule has 1 aliphatic rings. The number of aromatic nitrogens is 2. The van der Waals surface area contributed by atoms with Gasteiger partial charge in [0.05, 0.1) is 6.61 Å². The molecular weight excluding hydrogens is 204 g/mol. The molecule has 0 aliphatic carbocycles. The van der Waals surface area contributed by atoms with Crippen molar-refractivity contribution in [2.45, 2.75) is 12.5 Å². The summed E-state index contributed by atoms with van der Waals surface area (Å²) in [6, 6.07) is 5.52. The fourth-order valence-corrected chi connectivity index (χ4v) is 2.13. The second kappa shape index (κ2) is 3.64. The molecule has 1 atom stereocenters. The molecule has 0 bridgehead atoms. The summed E-state index contributed by atoms with van der Waals surface area (Å²) in [7, 11) is 0. The van der Waals surface area contributed by atoms with Gasteiger partial charge in [0.15, 0.2) is 0 Å². The van der Waals surface area contributed by atoms with Gasteiger partial charge in [0.25, 0.3) is 0 Å². The Morgan fingerprint density at radius 3 is 3.19 bits per heavy atom. The van der Waals surface area contributed by atoms with Gasteiger partial charge in [-0.3, -0.25) is 0 Å². The highest BCUT2D eigenvalue weighted by Crippen LogP contribution is 2.34. The molecule has 1 aliphatic heterocycles. The molecule has 82 valence electrons. The molecule has 0 amide bonds. The first-order chi connectivity index (χ1) is 7.86. The molecule has 4 nitrogen and oxygen atoms in total. The zero-order chi connectivity index (χ0) is 11.0. The van der Waals surface area contributed by atoms with E-state index in [1.807, 2.05) is 12.1 Å². The van der Waals surface area contributed by atoms with E-state index in [2.05, 4.69) is 9.97 Å². The molecule has 0 radical (unpaired) electrons. The molecule has 1 aromatic carbocycles. The van der Waals surface area contributed by atoms with E-state index in [9.17, 15) is 5.11 Å². The van der Waals surface area contributed by atoms with Gasteiger partial charge in [-0.05, 0) is 18.1 Å². The Hall–Kier alpha value is -1.81. The molecule has 3 rings (SSSR count). The fourth-order valence-electron chi connectivity index (χ4n) is 2.13. The molecule has 2 aromatic rings. The Kier molecular flexibility index (Phi) is 2.15. The van der Waals surface area contributed by atoms with Crippen LogP contribution in [0.1, 0.15) is 23.1 Å². The van der Waals surface area contributed by atoms with Crippen molar-refractivity contribution in [1.82, 2.24) is 9.97 Å². The maximum absolute atomic E-state index is 9.79. The third-order valence-corrected chi connectivity index (χ3v) is 2.87. The Morgan fingerprint density at radius 2 is 2.38 bits per heavy atom. The molecule has 0 saturated heterocycles. The van der Waals surface area contributed by atoms with Crippen LogP contribution in [0.15, 0.2) is 30.6 Å². The summed E-state index contributed by atoms with van der Waals surface area (Å²) in [5.74, 6) is 1.13. The Bertz CT molecular complexity index is 494. The van der Waals surface area contributed by atoms with Crippen molar-refractivity contribution in [2.75, 3.05) is 6.61 Å². The van der Waals surface area contributed by atoms with Crippen LogP contribution in [0.3, 0.4) is 0 Å². The van der Waals surface area contributed by atoms with E-state index in [0.717, 1.165) is 23.4 Å². The van der Waals surface area contributed by atoms with Gasteiger partial charge in [-0.2, -0.15) is 0 Å².